The quantitative estimate of drug-likeness (QED) is 0.866. The van der Waals surface area contributed by atoms with Gasteiger partial charge >= 0.3 is 0 Å². The molecule has 3 rings (SSSR count). The Morgan fingerprint density at radius 1 is 1.33 bits per heavy atom. The Balaban J connectivity index is 1.64. The Bertz CT molecular complexity index is 641. The standard InChI is InChI=1S/C14H15ClN4O2/c1-10(21-12-4-2-11(15)3-5-12)14(20)18-6-7-19-9-16-17-13(19)8-18/h2-5,9-10H,6-8H2,1H3/t10-/m0/s1. The van der Waals surface area contributed by atoms with Gasteiger partial charge in [-0.2, -0.15) is 0 Å². The van der Waals surface area contributed by atoms with Crippen LogP contribution in [-0.4, -0.2) is 38.2 Å². The molecular formula is C14H15ClN4O2. The van der Waals surface area contributed by atoms with E-state index in [4.69, 9.17) is 16.3 Å². The predicted octanol–water partition coefficient (Wildman–Crippen LogP) is 1.74. The maximum absolute atomic E-state index is 12.4. The van der Waals surface area contributed by atoms with Gasteiger partial charge in [-0.05, 0) is 31.2 Å². The third kappa shape index (κ3) is 3.00. The fourth-order valence-corrected chi connectivity index (χ4v) is 2.41. The van der Waals surface area contributed by atoms with E-state index in [2.05, 4.69) is 10.2 Å². The second-order valence-corrected chi connectivity index (χ2v) is 5.35. The van der Waals surface area contributed by atoms with Crippen LogP contribution in [0, 0.1) is 0 Å². The number of amides is 1. The van der Waals surface area contributed by atoms with E-state index in [1.807, 2.05) is 4.57 Å². The SMILES string of the molecule is C[C@H](Oc1ccc(Cl)cc1)C(=O)N1CCn2cnnc2C1. The van der Waals surface area contributed by atoms with Crippen molar-refractivity contribution >= 4 is 17.5 Å². The zero-order valence-corrected chi connectivity index (χ0v) is 12.3. The number of rotatable bonds is 3. The molecule has 6 nitrogen and oxygen atoms in total. The van der Waals surface area contributed by atoms with Gasteiger partial charge in [0.25, 0.3) is 5.91 Å². The fourth-order valence-electron chi connectivity index (χ4n) is 2.28. The molecule has 0 fully saturated rings. The molecule has 1 atom stereocenters. The zero-order valence-electron chi connectivity index (χ0n) is 11.6. The molecule has 0 aliphatic carbocycles. The van der Waals surface area contributed by atoms with Crippen LogP contribution in [0.3, 0.4) is 0 Å². The number of halogens is 1. The lowest BCUT2D eigenvalue weighted by Crippen LogP contribution is -2.44. The minimum Gasteiger partial charge on any atom is -0.481 e. The second kappa shape index (κ2) is 5.73. The van der Waals surface area contributed by atoms with Crippen LogP contribution in [-0.2, 0) is 17.9 Å². The lowest BCUT2D eigenvalue weighted by Gasteiger charge is -2.29. The molecule has 0 radical (unpaired) electrons. The number of hydrogen-bond donors (Lipinski definition) is 0. The van der Waals surface area contributed by atoms with Crippen LogP contribution in [0.25, 0.3) is 0 Å². The summed E-state index contributed by atoms with van der Waals surface area (Å²) < 4.78 is 7.61. The van der Waals surface area contributed by atoms with Gasteiger partial charge in [0.2, 0.25) is 0 Å². The number of fused-ring (bicyclic) bond motifs is 1. The monoisotopic (exact) mass is 306 g/mol. The summed E-state index contributed by atoms with van der Waals surface area (Å²) in [6, 6.07) is 6.97. The van der Waals surface area contributed by atoms with Crippen molar-refractivity contribution in [1.82, 2.24) is 19.7 Å². The number of nitrogens with zero attached hydrogens (tertiary/aromatic N) is 4. The molecule has 1 amide bonds. The molecule has 1 aromatic carbocycles. The Morgan fingerprint density at radius 2 is 2.10 bits per heavy atom. The smallest absolute Gasteiger partial charge is 0.263 e. The molecule has 0 unspecified atom stereocenters. The van der Waals surface area contributed by atoms with Crippen molar-refractivity contribution in [1.29, 1.82) is 0 Å². The minimum absolute atomic E-state index is 0.0563. The Morgan fingerprint density at radius 3 is 2.86 bits per heavy atom. The molecule has 2 aromatic rings. The number of aromatic nitrogens is 3. The van der Waals surface area contributed by atoms with Crippen molar-refractivity contribution in [3.8, 4) is 5.75 Å². The normalized spacial score (nSPS) is 15.4. The molecule has 1 aliphatic heterocycles. The maximum atomic E-state index is 12.4. The Labute approximate surface area is 127 Å². The van der Waals surface area contributed by atoms with E-state index in [0.29, 0.717) is 30.4 Å². The summed E-state index contributed by atoms with van der Waals surface area (Å²) in [5.74, 6) is 1.37. The molecule has 0 N–H and O–H groups in total. The van der Waals surface area contributed by atoms with Gasteiger partial charge < -0.3 is 14.2 Å². The van der Waals surface area contributed by atoms with Crippen molar-refractivity contribution in [2.75, 3.05) is 6.54 Å². The predicted molar refractivity (Wildman–Crippen MR) is 77.0 cm³/mol. The molecular weight excluding hydrogens is 292 g/mol. The fraction of sp³-hybridized carbons (Fsp3) is 0.357. The van der Waals surface area contributed by atoms with Gasteiger partial charge in [0, 0.05) is 18.1 Å². The topological polar surface area (TPSA) is 60.2 Å². The lowest BCUT2D eigenvalue weighted by molar-refractivity contribution is -0.139. The van der Waals surface area contributed by atoms with Crippen molar-refractivity contribution in [3.63, 3.8) is 0 Å². The Hall–Kier alpha value is -2.08. The maximum Gasteiger partial charge on any atom is 0.263 e. The van der Waals surface area contributed by atoms with E-state index >= 15 is 0 Å². The van der Waals surface area contributed by atoms with Gasteiger partial charge in [-0.3, -0.25) is 4.79 Å². The molecule has 0 bridgehead atoms. The summed E-state index contributed by atoms with van der Waals surface area (Å²) in [6.45, 7) is 3.56. The van der Waals surface area contributed by atoms with Crippen LogP contribution in [0.2, 0.25) is 5.02 Å². The highest BCUT2D eigenvalue weighted by atomic mass is 35.5. The van der Waals surface area contributed by atoms with Gasteiger partial charge in [-0.1, -0.05) is 11.6 Å². The first kappa shape index (κ1) is 13.9. The largest absolute Gasteiger partial charge is 0.481 e. The summed E-state index contributed by atoms with van der Waals surface area (Å²) in [4.78, 5) is 14.2. The molecule has 2 heterocycles. The summed E-state index contributed by atoms with van der Waals surface area (Å²) in [7, 11) is 0. The molecule has 0 spiro atoms. The third-order valence-electron chi connectivity index (χ3n) is 3.42. The van der Waals surface area contributed by atoms with Crippen LogP contribution < -0.4 is 4.74 Å². The van der Waals surface area contributed by atoms with Gasteiger partial charge in [0.05, 0.1) is 6.54 Å². The first-order valence-electron chi connectivity index (χ1n) is 6.71. The summed E-state index contributed by atoms with van der Waals surface area (Å²) in [5, 5.41) is 8.49. The van der Waals surface area contributed by atoms with Crippen molar-refractivity contribution in [2.24, 2.45) is 0 Å². The summed E-state index contributed by atoms with van der Waals surface area (Å²) >= 11 is 5.82. The van der Waals surface area contributed by atoms with E-state index in [1.165, 1.54) is 0 Å². The molecule has 21 heavy (non-hydrogen) atoms. The van der Waals surface area contributed by atoms with E-state index in [9.17, 15) is 4.79 Å². The molecule has 1 aliphatic rings. The number of hydrogen-bond acceptors (Lipinski definition) is 4. The van der Waals surface area contributed by atoms with Crippen LogP contribution >= 0.6 is 11.6 Å². The minimum atomic E-state index is -0.555. The second-order valence-electron chi connectivity index (χ2n) is 4.91. The van der Waals surface area contributed by atoms with Gasteiger partial charge in [-0.15, -0.1) is 10.2 Å². The van der Waals surface area contributed by atoms with Crippen molar-refractivity contribution < 1.29 is 9.53 Å². The number of carbonyl (C=O) groups is 1. The number of benzene rings is 1. The first-order chi connectivity index (χ1) is 10.1. The molecule has 0 saturated carbocycles. The first-order valence-corrected chi connectivity index (χ1v) is 7.09. The zero-order chi connectivity index (χ0) is 14.8. The van der Waals surface area contributed by atoms with E-state index in [1.54, 1.807) is 42.4 Å². The highest BCUT2D eigenvalue weighted by Crippen LogP contribution is 2.18. The summed E-state index contributed by atoms with van der Waals surface area (Å²) in [6.07, 6.45) is 1.13. The average molecular weight is 307 g/mol. The summed E-state index contributed by atoms with van der Waals surface area (Å²) in [5.41, 5.74) is 0. The van der Waals surface area contributed by atoms with E-state index in [-0.39, 0.29) is 5.91 Å². The molecule has 0 saturated heterocycles. The Kier molecular flexibility index (Phi) is 3.79. The van der Waals surface area contributed by atoms with Crippen LogP contribution in [0.4, 0.5) is 0 Å². The van der Waals surface area contributed by atoms with Crippen LogP contribution in [0.15, 0.2) is 30.6 Å². The third-order valence-corrected chi connectivity index (χ3v) is 3.68. The highest BCUT2D eigenvalue weighted by molar-refractivity contribution is 6.30. The van der Waals surface area contributed by atoms with E-state index < -0.39 is 6.10 Å². The number of carbonyl (C=O) groups excluding carboxylic acids is 1. The molecule has 1 aromatic heterocycles. The van der Waals surface area contributed by atoms with Crippen molar-refractivity contribution in [3.05, 3.63) is 41.4 Å². The van der Waals surface area contributed by atoms with Gasteiger partial charge in [-0.25, -0.2) is 0 Å². The molecule has 7 heteroatoms. The average Bonchev–Trinajstić information content (AvgIpc) is 2.96. The van der Waals surface area contributed by atoms with E-state index in [0.717, 1.165) is 5.82 Å². The van der Waals surface area contributed by atoms with Crippen molar-refractivity contribution in [2.45, 2.75) is 26.1 Å². The molecule has 110 valence electrons. The number of ether oxygens (including phenoxy) is 1. The lowest BCUT2D eigenvalue weighted by atomic mass is 10.2. The van der Waals surface area contributed by atoms with Gasteiger partial charge in [0.1, 0.15) is 12.1 Å². The van der Waals surface area contributed by atoms with Crippen LogP contribution in [0.1, 0.15) is 12.7 Å². The van der Waals surface area contributed by atoms with Crippen LogP contribution in [0.5, 0.6) is 5.75 Å². The highest BCUT2D eigenvalue weighted by Gasteiger charge is 2.26. The van der Waals surface area contributed by atoms with Gasteiger partial charge in [0.15, 0.2) is 11.9 Å².